The fraction of sp³-hybridized carbons (Fsp3) is 0.250. The van der Waals surface area contributed by atoms with Crippen molar-refractivity contribution < 1.29 is 8.42 Å². The van der Waals surface area contributed by atoms with E-state index >= 15 is 0 Å². The molecule has 0 aliphatic carbocycles. The lowest BCUT2D eigenvalue weighted by molar-refractivity contribution is 0.566. The number of halogens is 1. The summed E-state index contributed by atoms with van der Waals surface area (Å²) >= 11 is 3.39. The summed E-state index contributed by atoms with van der Waals surface area (Å²) in [6.07, 6.45) is 0. The topological polar surface area (TPSA) is 46.2 Å². The molecule has 2 rings (SSSR count). The SMILES string of the molecule is Cc1cc(C)c(S(=O)(=O)N[C@H](C)c2ccccc2)cc1Br. The number of aryl methyl sites for hydroxylation is 2. The van der Waals surface area contributed by atoms with Crippen molar-refractivity contribution in [1.82, 2.24) is 4.72 Å². The van der Waals surface area contributed by atoms with Crippen molar-refractivity contribution in [2.24, 2.45) is 0 Å². The zero-order valence-corrected chi connectivity index (χ0v) is 14.6. The molecule has 21 heavy (non-hydrogen) atoms. The Morgan fingerprint density at radius 2 is 1.67 bits per heavy atom. The molecule has 0 saturated heterocycles. The second-order valence-electron chi connectivity index (χ2n) is 5.12. The van der Waals surface area contributed by atoms with Crippen LogP contribution in [0.2, 0.25) is 0 Å². The summed E-state index contributed by atoms with van der Waals surface area (Å²) in [4.78, 5) is 0.308. The van der Waals surface area contributed by atoms with E-state index in [0.717, 1.165) is 21.2 Å². The van der Waals surface area contributed by atoms with Crippen LogP contribution in [-0.2, 0) is 10.0 Å². The van der Waals surface area contributed by atoms with Gasteiger partial charge in [0.15, 0.2) is 0 Å². The van der Waals surface area contributed by atoms with Gasteiger partial charge in [-0.2, -0.15) is 0 Å². The standard InChI is InChI=1S/C16H18BrNO2S/c1-11-9-12(2)16(10-15(11)17)21(19,20)18-13(3)14-7-5-4-6-8-14/h4-10,13,18H,1-3H3/t13-/m1/s1. The first-order chi connectivity index (χ1) is 9.81. The molecule has 0 heterocycles. The van der Waals surface area contributed by atoms with Crippen LogP contribution >= 0.6 is 15.9 Å². The molecule has 0 aromatic heterocycles. The lowest BCUT2D eigenvalue weighted by Gasteiger charge is -2.16. The summed E-state index contributed by atoms with van der Waals surface area (Å²) < 4.78 is 28.7. The number of hydrogen-bond donors (Lipinski definition) is 1. The quantitative estimate of drug-likeness (QED) is 0.883. The molecule has 0 fully saturated rings. The summed E-state index contributed by atoms with van der Waals surface area (Å²) in [5.74, 6) is 0. The summed E-state index contributed by atoms with van der Waals surface area (Å²) in [6, 6.07) is 12.8. The smallest absolute Gasteiger partial charge is 0.207 e. The fourth-order valence-electron chi connectivity index (χ4n) is 2.20. The molecule has 0 amide bonds. The molecule has 112 valence electrons. The van der Waals surface area contributed by atoms with Crippen LogP contribution in [0, 0.1) is 13.8 Å². The van der Waals surface area contributed by atoms with Crippen LogP contribution < -0.4 is 4.72 Å². The molecule has 0 spiro atoms. The van der Waals surface area contributed by atoms with Crippen molar-refractivity contribution in [3.05, 3.63) is 63.6 Å². The van der Waals surface area contributed by atoms with Crippen LogP contribution in [0.5, 0.6) is 0 Å². The van der Waals surface area contributed by atoms with Gasteiger partial charge in [-0.15, -0.1) is 0 Å². The van der Waals surface area contributed by atoms with Gasteiger partial charge in [0.2, 0.25) is 10.0 Å². The zero-order chi connectivity index (χ0) is 15.6. The number of nitrogens with one attached hydrogen (secondary N) is 1. The van der Waals surface area contributed by atoms with E-state index in [0.29, 0.717) is 4.90 Å². The molecule has 0 saturated carbocycles. The predicted octanol–water partition coefficient (Wildman–Crippen LogP) is 4.11. The minimum absolute atomic E-state index is 0.282. The highest BCUT2D eigenvalue weighted by Crippen LogP contribution is 2.25. The van der Waals surface area contributed by atoms with Gasteiger partial charge in [0, 0.05) is 10.5 Å². The monoisotopic (exact) mass is 367 g/mol. The molecule has 2 aromatic rings. The molecule has 5 heteroatoms. The molecule has 1 N–H and O–H groups in total. The highest BCUT2D eigenvalue weighted by Gasteiger charge is 2.21. The molecular weight excluding hydrogens is 350 g/mol. The summed E-state index contributed by atoms with van der Waals surface area (Å²) in [6.45, 7) is 5.58. The van der Waals surface area contributed by atoms with Crippen LogP contribution in [0.1, 0.15) is 29.7 Å². The maximum Gasteiger partial charge on any atom is 0.241 e. The van der Waals surface area contributed by atoms with Gasteiger partial charge in [-0.3, -0.25) is 0 Å². The van der Waals surface area contributed by atoms with Crippen molar-refractivity contribution in [2.45, 2.75) is 31.7 Å². The van der Waals surface area contributed by atoms with E-state index in [2.05, 4.69) is 20.7 Å². The van der Waals surface area contributed by atoms with Gasteiger partial charge in [0.1, 0.15) is 0 Å². The molecule has 2 aromatic carbocycles. The van der Waals surface area contributed by atoms with Gasteiger partial charge in [0.25, 0.3) is 0 Å². The van der Waals surface area contributed by atoms with Gasteiger partial charge < -0.3 is 0 Å². The predicted molar refractivity (Wildman–Crippen MR) is 88.8 cm³/mol. The molecule has 0 bridgehead atoms. The molecule has 1 atom stereocenters. The van der Waals surface area contributed by atoms with Crippen LogP contribution in [0.3, 0.4) is 0 Å². The van der Waals surface area contributed by atoms with Crippen LogP contribution in [0.4, 0.5) is 0 Å². The first-order valence-electron chi connectivity index (χ1n) is 6.65. The summed E-state index contributed by atoms with van der Waals surface area (Å²) in [5.41, 5.74) is 2.69. The van der Waals surface area contributed by atoms with Crippen molar-refractivity contribution in [3.63, 3.8) is 0 Å². The van der Waals surface area contributed by atoms with E-state index in [1.54, 1.807) is 13.0 Å². The number of sulfonamides is 1. The zero-order valence-electron chi connectivity index (χ0n) is 12.2. The molecule has 0 aliphatic heterocycles. The first kappa shape index (κ1) is 16.2. The maximum atomic E-state index is 12.6. The Morgan fingerprint density at radius 3 is 2.29 bits per heavy atom. The summed E-state index contributed by atoms with van der Waals surface area (Å²) in [5, 5.41) is 0. The molecule has 0 radical (unpaired) electrons. The minimum atomic E-state index is -3.56. The van der Waals surface area contributed by atoms with E-state index in [-0.39, 0.29) is 6.04 Å². The first-order valence-corrected chi connectivity index (χ1v) is 8.93. The van der Waals surface area contributed by atoms with Crippen molar-refractivity contribution in [1.29, 1.82) is 0 Å². The maximum absolute atomic E-state index is 12.6. The number of rotatable bonds is 4. The third kappa shape index (κ3) is 3.73. The van der Waals surface area contributed by atoms with Crippen molar-refractivity contribution >= 4 is 26.0 Å². The second-order valence-corrected chi connectivity index (χ2v) is 7.66. The van der Waals surface area contributed by atoms with E-state index < -0.39 is 10.0 Å². The third-order valence-corrected chi connectivity index (χ3v) is 5.91. The van der Waals surface area contributed by atoms with Crippen LogP contribution in [0.25, 0.3) is 0 Å². The summed E-state index contributed by atoms with van der Waals surface area (Å²) in [7, 11) is -3.56. The van der Waals surface area contributed by atoms with Gasteiger partial charge in [-0.05, 0) is 43.5 Å². The molecule has 3 nitrogen and oxygen atoms in total. The largest absolute Gasteiger partial charge is 0.241 e. The highest BCUT2D eigenvalue weighted by molar-refractivity contribution is 9.10. The molecular formula is C16H18BrNO2S. The Labute approximate surface area is 134 Å². The molecule has 0 unspecified atom stereocenters. The van der Waals surface area contributed by atoms with Crippen molar-refractivity contribution in [2.75, 3.05) is 0 Å². The van der Waals surface area contributed by atoms with E-state index in [1.165, 1.54) is 0 Å². The van der Waals surface area contributed by atoms with Crippen LogP contribution in [-0.4, -0.2) is 8.42 Å². The second kappa shape index (κ2) is 6.30. The van der Waals surface area contributed by atoms with Crippen LogP contribution in [0.15, 0.2) is 51.8 Å². The Hall–Kier alpha value is -1.17. The Bertz CT molecular complexity index is 742. The number of hydrogen-bond acceptors (Lipinski definition) is 2. The average Bonchev–Trinajstić information content (AvgIpc) is 2.43. The van der Waals surface area contributed by atoms with E-state index in [1.807, 2.05) is 50.2 Å². The Kier molecular flexibility index (Phi) is 4.86. The minimum Gasteiger partial charge on any atom is -0.207 e. The third-order valence-electron chi connectivity index (χ3n) is 3.38. The lowest BCUT2D eigenvalue weighted by atomic mass is 10.1. The van der Waals surface area contributed by atoms with Gasteiger partial charge >= 0.3 is 0 Å². The number of benzene rings is 2. The Morgan fingerprint density at radius 1 is 1.05 bits per heavy atom. The van der Waals surface area contributed by atoms with E-state index in [9.17, 15) is 8.42 Å². The van der Waals surface area contributed by atoms with Gasteiger partial charge in [-0.25, -0.2) is 13.1 Å². The fourth-order valence-corrected chi connectivity index (χ4v) is 4.18. The Balaban J connectivity index is 2.33. The van der Waals surface area contributed by atoms with Crippen molar-refractivity contribution in [3.8, 4) is 0 Å². The highest BCUT2D eigenvalue weighted by atomic mass is 79.9. The van der Waals surface area contributed by atoms with E-state index in [4.69, 9.17) is 0 Å². The normalized spacial score (nSPS) is 13.1. The molecule has 0 aliphatic rings. The average molecular weight is 368 g/mol. The van der Waals surface area contributed by atoms with Gasteiger partial charge in [-0.1, -0.05) is 52.3 Å². The lowest BCUT2D eigenvalue weighted by Crippen LogP contribution is -2.27. The van der Waals surface area contributed by atoms with Gasteiger partial charge in [0.05, 0.1) is 4.90 Å².